The lowest BCUT2D eigenvalue weighted by molar-refractivity contribution is 0.425. The van der Waals surface area contributed by atoms with E-state index in [9.17, 15) is 8.78 Å². The van der Waals surface area contributed by atoms with Gasteiger partial charge in [-0.25, -0.2) is 8.78 Å². The number of halogens is 5. The van der Waals surface area contributed by atoms with Crippen molar-refractivity contribution in [2.24, 2.45) is 0 Å². The molecule has 0 unspecified atom stereocenters. The average molecular weight is 473 g/mol. The van der Waals surface area contributed by atoms with Gasteiger partial charge in [0.2, 0.25) is 0 Å². The maximum absolute atomic E-state index is 12.5. The van der Waals surface area contributed by atoms with Crippen molar-refractivity contribution in [2.45, 2.75) is 0 Å². The summed E-state index contributed by atoms with van der Waals surface area (Å²) in [6.07, 6.45) is 0. The Morgan fingerprint density at radius 3 is 1.45 bits per heavy atom. The van der Waals surface area contributed by atoms with E-state index in [1.807, 2.05) is 0 Å². The maximum atomic E-state index is 12.5. The molecule has 2 rings (SSSR count). The van der Waals surface area contributed by atoms with E-state index in [0.717, 1.165) is 15.0 Å². The van der Waals surface area contributed by atoms with Crippen molar-refractivity contribution in [3.8, 4) is 0 Å². The lowest BCUT2D eigenvalue weighted by Gasteiger charge is -1.99. The van der Waals surface area contributed by atoms with Crippen molar-refractivity contribution in [1.29, 1.82) is 0 Å². The lowest BCUT2D eigenvalue weighted by atomic mass is 9.80. The largest absolute Gasteiger partial charge is 0.488 e. The highest BCUT2D eigenvalue weighted by atomic mass is 79.9. The van der Waals surface area contributed by atoms with Crippen molar-refractivity contribution in [1.82, 2.24) is 0 Å². The van der Waals surface area contributed by atoms with E-state index < -0.39 is 12.9 Å². The number of hydrogen-bond donors (Lipinski definition) is 2. The molecule has 0 fully saturated rings. The molecular weight excluding hydrogens is 465 g/mol. The second-order valence-corrected chi connectivity index (χ2v) is 6.41. The third kappa shape index (κ3) is 6.45. The SMILES string of the molecule is Fc1cc(Br)cc(Br)c1.OB(O)c1cc(F)cc(Br)c1. The van der Waals surface area contributed by atoms with Crippen LogP contribution < -0.4 is 5.46 Å². The number of hydrogen-bond acceptors (Lipinski definition) is 2. The zero-order valence-corrected chi connectivity index (χ0v) is 14.6. The van der Waals surface area contributed by atoms with Crippen molar-refractivity contribution in [2.75, 3.05) is 0 Å². The molecule has 2 N–H and O–H groups in total. The minimum atomic E-state index is -1.62. The minimum Gasteiger partial charge on any atom is -0.423 e. The van der Waals surface area contributed by atoms with Gasteiger partial charge in [0.15, 0.2) is 0 Å². The summed E-state index contributed by atoms with van der Waals surface area (Å²) in [5.74, 6) is -0.737. The quantitative estimate of drug-likeness (QED) is 0.623. The summed E-state index contributed by atoms with van der Waals surface area (Å²) in [7, 11) is -1.62. The minimum absolute atomic E-state index is 0.136. The fourth-order valence-corrected chi connectivity index (χ4v) is 2.97. The van der Waals surface area contributed by atoms with Crippen LogP contribution in [0.1, 0.15) is 0 Å². The van der Waals surface area contributed by atoms with Gasteiger partial charge in [0.25, 0.3) is 0 Å². The van der Waals surface area contributed by atoms with Gasteiger partial charge in [0.1, 0.15) is 11.6 Å². The molecule has 2 aromatic rings. The van der Waals surface area contributed by atoms with Crippen LogP contribution in [0.15, 0.2) is 49.8 Å². The van der Waals surface area contributed by atoms with E-state index in [-0.39, 0.29) is 11.3 Å². The zero-order chi connectivity index (χ0) is 15.3. The van der Waals surface area contributed by atoms with Gasteiger partial charge in [0.05, 0.1) is 0 Å². The van der Waals surface area contributed by atoms with Crippen LogP contribution in [0.5, 0.6) is 0 Å². The average Bonchev–Trinajstić information content (AvgIpc) is 2.26. The van der Waals surface area contributed by atoms with Crippen LogP contribution in [-0.2, 0) is 0 Å². The summed E-state index contributed by atoms with van der Waals surface area (Å²) >= 11 is 9.30. The summed E-state index contributed by atoms with van der Waals surface area (Å²) in [6.45, 7) is 0. The summed E-state index contributed by atoms with van der Waals surface area (Å²) < 4.78 is 26.9. The monoisotopic (exact) mass is 470 g/mol. The standard InChI is InChI=1S/C6H5BBrFO2.C6H3Br2F/c8-5-1-4(7(10)11)2-6(9)3-5;7-4-1-5(8)3-6(9)2-4/h1-3,10-11H;1-3H. The molecule has 8 heteroatoms. The molecule has 2 aromatic carbocycles. The molecule has 0 bridgehead atoms. The first kappa shape index (κ1) is 17.8. The van der Waals surface area contributed by atoms with Gasteiger partial charge in [0, 0.05) is 13.4 Å². The van der Waals surface area contributed by atoms with Crippen LogP contribution in [0.25, 0.3) is 0 Å². The van der Waals surface area contributed by atoms with E-state index in [1.165, 1.54) is 24.3 Å². The van der Waals surface area contributed by atoms with Crippen molar-refractivity contribution in [3.63, 3.8) is 0 Å². The molecule has 0 aliphatic carbocycles. The van der Waals surface area contributed by atoms with E-state index in [0.29, 0.717) is 4.47 Å². The molecule has 0 saturated carbocycles. The highest BCUT2D eigenvalue weighted by Gasteiger charge is 2.11. The van der Waals surface area contributed by atoms with E-state index in [4.69, 9.17) is 10.0 Å². The first-order valence-electron chi connectivity index (χ1n) is 5.21. The molecular formula is C12H8BBr3F2O2. The van der Waals surface area contributed by atoms with Crippen LogP contribution in [-0.4, -0.2) is 17.2 Å². The fourth-order valence-electron chi connectivity index (χ4n) is 1.24. The van der Waals surface area contributed by atoms with E-state index >= 15 is 0 Å². The van der Waals surface area contributed by atoms with Crippen molar-refractivity contribution < 1.29 is 18.8 Å². The highest BCUT2D eigenvalue weighted by molar-refractivity contribution is 9.11. The topological polar surface area (TPSA) is 40.5 Å². The van der Waals surface area contributed by atoms with E-state index in [2.05, 4.69) is 47.8 Å². The van der Waals surface area contributed by atoms with Crippen LogP contribution in [0.4, 0.5) is 8.78 Å². The van der Waals surface area contributed by atoms with Crippen molar-refractivity contribution >= 4 is 60.4 Å². The normalized spacial score (nSPS) is 9.75. The Kier molecular flexibility index (Phi) is 7.32. The fraction of sp³-hybridized carbons (Fsp3) is 0. The zero-order valence-electron chi connectivity index (χ0n) is 9.83. The Balaban J connectivity index is 0.000000204. The molecule has 0 atom stereocenters. The molecule has 0 aliphatic heterocycles. The van der Waals surface area contributed by atoms with Crippen LogP contribution in [0.3, 0.4) is 0 Å². The molecule has 0 heterocycles. The Labute approximate surface area is 140 Å². The molecule has 0 amide bonds. The second kappa shape index (κ2) is 8.24. The Morgan fingerprint density at radius 1 is 0.700 bits per heavy atom. The molecule has 0 spiro atoms. The van der Waals surface area contributed by atoms with Gasteiger partial charge >= 0.3 is 7.12 Å². The Bertz CT molecular complexity index is 526. The first-order chi connectivity index (χ1) is 9.27. The summed E-state index contributed by atoms with van der Waals surface area (Å²) in [6, 6.07) is 8.34. The van der Waals surface area contributed by atoms with Gasteiger partial charge in [-0.05, 0) is 41.9 Å². The molecule has 0 aromatic heterocycles. The van der Waals surface area contributed by atoms with Gasteiger partial charge in [-0.15, -0.1) is 0 Å². The third-order valence-electron chi connectivity index (χ3n) is 2.01. The van der Waals surface area contributed by atoms with Crippen LogP contribution in [0.2, 0.25) is 0 Å². The van der Waals surface area contributed by atoms with Crippen LogP contribution in [0, 0.1) is 11.6 Å². The predicted octanol–water partition coefficient (Wildman–Crippen LogP) is 3.62. The first-order valence-corrected chi connectivity index (χ1v) is 7.59. The highest BCUT2D eigenvalue weighted by Crippen LogP contribution is 2.18. The Morgan fingerprint density at radius 2 is 1.10 bits per heavy atom. The van der Waals surface area contributed by atoms with Gasteiger partial charge in [-0.2, -0.15) is 0 Å². The molecule has 20 heavy (non-hydrogen) atoms. The van der Waals surface area contributed by atoms with Crippen molar-refractivity contribution in [3.05, 3.63) is 61.5 Å². The maximum Gasteiger partial charge on any atom is 0.488 e. The lowest BCUT2D eigenvalue weighted by Crippen LogP contribution is -2.30. The molecule has 0 radical (unpaired) electrons. The molecule has 106 valence electrons. The Hall–Kier alpha value is -0.275. The predicted molar refractivity (Wildman–Crippen MR) is 85.7 cm³/mol. The summed E-state index contributed by atoms with van der Waals surface area (Å²) in [5.41, 5.74) is 0.136. The number of rotatable bonds is 1. The second-order valence-electron chi connectivity index (χ2n) is 3.66. The number of benzene rings is 2. The summed E-state index contributed by atoms with van der Waals surface area (Å²) in [4.78, 5) is 0. The van der Waals surface area contributed by atoms with Crippen LogP contribution >= 0.6 is 47.8 Å². The molecule has 0 aliphatic rings. The van der Waals surface area contributed by atoms with Gasteiger partial charge in [-0.1, -0.05) is 47.8 Å². The molecule has 2 nitrogen and oxygen atoms in total. The van der Waals surface area contributed by atoms with Gasteiger partial charge < -0.3 is 10.0 Å². The smallest absolute Gasteiger partial charge is 0.423 e. The van der Waals surface area contributed by atoms with Gasteiger partial charge in [-0.3, -0.25) is 0 Å². The third-order valence-corrected chi connectivity index (χ3v) is 3.38. The van der Waals surface area contributed by atoms with E-state index in [1.54, 1.807) is 6.07 Å². The summed E-state index contributed by atoms with van der Waals surface area (Å²) in [5, 5.41) is 17.3. The molecule has 0 saturated heterocycles.